The summed E-state index contributed by atoms with van der Waals surface area (Å²) in [6.45, 7) is 0.312. The van der Waals surface area contributed by atoms with Gasteiger partial charge < -0.3 is 9.73 Å². The number of rotatable bonds is 3. The van der Waals surface area contributed by atoms with E-state index < -0.39 is 0 Å². The highest BCUT2D eigenvalue weighted by atomic mass is 32.1. The van der Waals surface area contributed by atoms with E-state index in [4.69, 9.17) is 16.6 Å². The average Bonchev–Trinajstić information content (AvgIpc) is 3.20. The average molecular weight is 335 g/mol. The van der Waals surface area contributed by atoms with Gasteiger partial charge in [-0.15, -0.1) is 0 Å². The third-order valence-electron chi connectivity index (χ3n) is 3.84. The van der Waals surface area contributed by atoms with Gasteiger partial charge in [-0.1, -0.05) is 18.2 Å². The molecule has 1 saturated heterocycles. The lowest BCUT2D eigenvalue weighted by Crippen LogP contribution is -2.29. The maximum absolute atomic E-state index is 12.6. The van der Waals surface area contributed by atoms with E-state index in [2.05, 4.69) is 10.3 Å². The number of furan rings is 1. The molecule has 1 aliphatic heterocycles. The molecule has 0 aliphatic carbocycles. The highest BCUT2D eigenvalue weighted by molar-refractivity contribution is 7.80. The number of fused-ring (bicyclic) bond motifs is 1. The van der Waals surface area contributed by atoms with Crippen molar-refractivity contribution in [2.24, 2.45) is 0 Å². The van der Waals surface area contributed by atoms with Gasteiger partial charge in [-0.2, -0.15) is 0 Å². The normalized spacial score (nSPS) is 16.2. The van der Waals surface area contributed by atoms with Crippen LogP contribution < -0.4 is 5.32 Å². The summed E-state index contributed by atoms with van der Waals surface area (Å²) in [5.74, 6) is 0.514. The predicted octanol–water partition coefficient (Wildman–Crippen LogP) is 3.09. The lowest BCUT2D eigenvalue weighted by Gasteiger charge is -2.11. The van der Waals surface area contributed by atoms with E-state index >= 15 is 0 Å². The zero-order chi connectivity index (χ0) is 16.5. The molecule has 1 aromatic carbocycles. The fourth-order valence-electron chi connectivity index (χ4n) is 2.67. The number of amides is 1. The Balaban J connectivity index is 1.68. The Morgan fingerprint density at radius 1 is 1.21 bits per heavy atom. The molecule has 118 valence electrons. The van der Waals surface area contributed by atoms with Gasteiger partial charge in [0.1, 0.15) is 11.5 Å². The highest BCUT2D eigenvalue weighted by Gasteiger charge is 2.31. The molecule has 6 heteroatoms. The minimum absolute atomic E-state index is 0.169. The fraction of sp³-hybridized carbons (Fsp3) is 0.0556. The zero-order valence-corrected chi connectivity index (χ0v) is 13.4. The summed E-state index contributed by atoms with van der Waals surface area (Å²) >= 11 is 5.28. The molecule has 0 radical (unpaired) electrons. The molecule has 1 N–H and O–H groups in total. The van der Waals surface area contributed by atoms with Crippen LogP contribution in [0.3, 0.4) is 0 Å². The van der Waals surface area contributed by atoms with Crippen LogP contribution in [0.5, 0.6) is 0 Å². The second-order valence-corrected chi connectivity index (χ2v) is 5.76. The number of para-hydroxylation sites is 1. The van der Waals surface area contributed by atoms with Crippen LogP contribution in [0.4, 0.5) is 0 Å². The number of nitrogens with one attached hydrogen (secondary N) is 1. The van der Waals surface area contributed by atoms with Crippen molar-refractivity contribution in [3.8, 4) is 0 Å². The second kappa shape index (κ2) is 5.90. The first-order valence-electron chi connectivity index (χ1n) is 7.43. The molecular formula is C18H13N3O2S. The van der Waals surface area contributed by atoms with Gasteiger partial charge in [-0.05, 0) is 48.1 Å². The van der Waals surface area contributed by atoms with Crippen LogP contribution in [0.2, 0.25) is 0 Å². The molecule has 0 bridgehead atoms. The smallest absolute Gasteiger partial charge is 0.276 e. The lowest BCUT2D eigenvalue weighted by molar-refractivity contribution is -0.122. The minimum atomic E-state index is -0.169. The molecule has 4 rings (SSSR count). The van der Waals surface area contributed by atoms with Crippen LogP contribution in [-0.2, 0) is 11.3 Å². The number of thiocarbonyl (C=S) groups is 1. The van der Waals surface area contributed by atoms with E-state index in [0.29, 0.717) is 23.1 Å². The van der Waals surface area contributed by atoms with Crippen molar-refractivity contribution in [2.75, 3.05) is 0 Å². The molecule has 5 nitrogen and oxygen atoms in total. The Morgan fingerprint density at radius 2 is 2.08 bits per heavy atom. The first-order valence-corrected chi connectivity index (χ1v) is 7.84. The topological polar surface area (TPSA) is 58.4 Å². The summed E-state index contributed by atoms with van der Waals surface area (Å²) in [5.41, 5.74) is 2.24. The Labute approximate surface area is 143 Å². The Hall–Kier alpha value is -2.99. The van der Waals surface area contributed by atoms with Crippen molar-refractivity contribution < 1.29 is 9.21 Å². The van der Waals surface area contributed by atoms with Gasteiger partial charge in [0, 0.05) is 11.6 Å². The van der Waals surface area contributed by atoms with Gasteiger partial charge in [0.25, 0.3) is 5.91 Å². The van der Waals surface area contributed by atoms with Crippen LogP contribution in [0.15, 0.2) is 65.0 Å². The molecule has 0 saturated carbocycles. The van der Waals surface area contributed by atoms with Crippen LogP contribution in [0.25, 0.3) is 17.0 Å². The summed E-state index contributed by atoms with van der Waals surface area (Å²) in [7, 11) is 0. The quantitative estimate of drug-likeness (QED) is 0.589. The van der Waals surface area contributed by atoms with Crippen molar-refractivity contribution in [1.82, 2.24) is 15.2 Å². The minimum Gasteiger partial charge on any atom is -0.467 e. The van der Waals surface area contributed by atoms with E-state index in [9.17, 15) is 4.79 Å². The molecule has 0 unspecified atom stereocenters. The molecule has 0 spiro atoms. The molecule has 3 heterocycles. The molecule has 24 heavy (non-hydrogen) atoms. The van der Waals surface area contributed by atoms with E-state index in [1.54, 1.807) is 24.6 Å². The van der Waals surface area contributed by atoms with E-state index in [0.717, 1.165) is 16.5 Å². The monoisotopic (exact) mass is 335 g/mol. The predicted molar refractivity (Wildman–Crippen MR) is 94.7 cm³/mol. The fourth-order valence-corrected chi connectivity index (χ4v) is 2.93. The number of carbonyl (C=O) groups excluding carboxylic acids is 1. The first kappa shape index (κ1) is 14.6. The summed E-state index contributed by atoms with van der Waals surface area (Å²) in [6, 6.07) is 13.3. The zero-order valence-electron chi connectivity index (χ0n) is 12.6. The van der Waals surface area contributed by atoms with Gasteiger partial charge in [-0.25, -0.2) is 0 Å². The number of nitrogens with zero attached hydrogens (tertiary/aromatic N) is 2. The maximum atomic E-state index is 12.6. The number of carbonyl (C=O) groups is 1. The molecular weight excluding hydrogens is 322 g/mol. The Morgan fingerprint density at radius 3 is 2.92 bits per heavy atom. The first-order chi connectivity index (χ1) is 11.7. The lowest BCUT2D eigenvalue weighted by atomic mass is 10.1. The number of hydrogen-bond donors (Lipinski definition) is 1. The number of benzene rings is 1. The SMILES string of the molecule is O=C1/C(=C\c2ccnc3ccccc23)NC(=S)N1Cc1ccco1. The number of aromatic nitrogens is 1. The van der Waals surface area contributed by atoms with E-state index in [-0.39, 0.29) is 5.91 Å². The molecule has 1 fully saturated rings. The van der Waals surface area contributed by atoms with Gasteiger partial charge in [0.2, 0.25) is 0 Å². The van der Waals surface area contributed by atoms with Crippen LogP contribution in [0.1, 0.15) is 11.3 Å². The third-order valence-corrected chi connectivity index (χ3v) is 4.16. The molecule has 1 aliphatic rings. The number of pyridine rings is 1. The molecule has 1 amide bonds. The van der Waals surface area contributed by atoms with Crippen molar-refractivity contribution in [3.63, 3.8) is 0 Å². The van der Waals surface area contributed by atoms with Crippen molar-refractivity contribution in [3.05, 3.63) is 71.9 Å². The largest absolute Gasteiger partial charge is 0.467 e. The van der Waals surface area contributed by atoms with E-state index in [1.165, 1.54) is 4.90 Å². The van der Waals surface area contributed by atoms with Crippen LogP contribution in [-0.4, -0.2) is 20.9 Å². The van der Waals surface area contributed by atoms with Crippen molar-refractivity contribution in [2.45, 2.75) is 6.54 Å². The second-order valence-electron chi connectivity index (χ2n) is 5.38. The standard InChI is InChI=1S/C18H13N3O2S/c22-17-16(20-18(24)21(17)11-13-4-3-9-23-13)10-12-7-8-19-15-6-2-1-5-14(12)15/h1-10H,11H2,(H,20,24)/b16-10+. The molecule has 3 aromatic rings. The Bertz CT molecular complexity index is 958. The highest BCUT2D eigenvalue weighted by Crippen LogP contribution is 2.21. The molecule has 0 atom stereocenters. The summed E-state index contributed by atoms with van der Waals surface area (Å²) in [5, 5.41) is 4.35. The summed E-state index contributed by atoms with van der Waals surface area (Å²) in [6.07, 6.45) is 5.11. The van der Waals surface area contributed by atoms with E-state index in [1.807, 2.05) is 36.4 Å². The third kappa shape index (κ3) is 2.57. The number of hydrogen-bond acceptors (Lipinski definition) is 4. The summed E-state index contributed by atoms with van der Waals surface area (Å²) < 4.78 is 5.29. The van der Waals surface area contributed by atoms with Gasteiger partial charge >= 0.3 is 0 Å². The Kier molecular flexibility index (Phi) is 3.59. The maximum Gasteiger partial charge on any atom is 0.276 e. The van der Waals surface area contributed by atoms with Crippen molar-refractivity contribution in [1.29, 1.82) is 0 Å². The van der Waals surface area contributed by atoms with Crippen LogP contribution in [0, 0.1) is 0 Å². The van der Waals surface area contributed by atoms with Crippen molar-refractivity contribution >= 4 is 40.2 Å². The molecule has 2 aromatic heterocycles. The van der Waals surface area contributed by atoms with Gasteiger partial charge in [0.15, 0.2) is 5.11 Å². The van der Waals surface area contributed by atoms with Gasteiger partial charge in [-0.3, -0.25) is 14.7 Å². The van der Waals surface area contributed by atoms with Gasteiger partial charge in [0.05, 0.1) is 18.3 Å². The summed E-state index contributed by atoms with van der Waals surface area (Å²) in [4.78, 5) is 18.5. The van der Waals surface area contributed by atoms with Crippen LogP contribution >= 0.6 is 12.2 Å².